The molecule has 29 heavy (non-hydrogen) atoms. The van der Waals surface area contributed by atoms with Gasteiger partial charge in [-0.2, -0.15) is 0 Å². The van der Waals surface area contributed by atoms with Crippen molar-refractivity contribution in [1.29, 1.82) is 0 Å². The van der Waals surface area contributed by atoms with Crippen LogP contribution >= 0.6 is 0 Å². The smallest absolute Gasteiger partial charge is 0.236 e. The van der Waals surface area contributed by atoms with E-state index >= 15 is 0 Å². The van der Waals surface area contributed by atoms with Crippen LogP contribution in [0.25, 0.3) is 0 Å². The predicted octanol–water partition coefficient (Wildman–Crippen LogP) is 2.85. The topological polar surface area (TPSA) is 45.7 Å². The molecule has 0 bridgehead atoms. The van der Waals surface area contributed by atoms with Gasteiger partial charge in [-0.3, -0.25) is 14.7 Å². The van der Waals surface area contributed by atoms with Gasteiger partial charge in [-0.25, -0.2) is 4.39 Å². The number of carbonyl (C=O) groups excluding carboxylic acids is 1. The van der Waals surface area contributed by atoms with Crippen LogP contribution in [0, 0.1) is 5.82 Å². The van der Waals surface area contributed by atoms with Gasteiger partial charge in [-0.15, -0.1) is 0 Å². The number of pyridine rings is 1. The number of halogens is 1. The van der Waals surface area contributed by atoms with Crippen LogP contribution in [0.15, 0.2) is 42.5 Å². The first kappa shape index (κ1) is 20.0. The molecule has 0 saturated carbocycles. The van der Waals surface area contributed by atoms with Crippen molar-refractivity contribution >= 4 is 5.91 Å². The number of benzene rings is 1. The Labute approximate surface area is 171 Å². The van der Waals surface area contributed by atoms with Crippen molar-refractivity contribution in [3.8, 4) is 0 Å². The SMILES string of the molecule is O=C(CN1CCCC(c2cccc(Cc3cccc(F)c3)n2)C1)N1CCOCC1. The molecule has 2 aliphatic rings. The summed E-state index contributed by atoms with van der Waals surface area (Å²) in [5, 5.41) is 0. The molecular formula is C23H28FN3O2. The van der Waals surface area contributed by atoms with Crippen molar-refractivity contribution in [3.63, 3.8) is 0 Å². The summed E-state index contributed by atoms with van der Waals surface area (Å²) in [7, 11) is 0. The second-order valence-corrected chi connectivity index (χ2v) is 7.93. The van der Waals surface area contributed by atoms with Gasteiger partial charge in [0.1, 0.15) is 5.82 Å². The molecule has 3 heterocycles. The van der Waals surface area contributed by atoms with Gasteiger partial charge in [0.25, 0.3) is 0 Å². The highest BCUT2D eigenvalue weighted by atomic mass is 19.1. The monoisotopic (exact) mass is 397 g/mol. The fourth-order valence-corrected chi connectivity index (χ4v) is 4.22. The lowest BCUT2D eigenvalue weighted by Gasteiger charge is -2.34. The molecule has 1 unspecified atom stereocenters. The molecule has 0 radical (unpaired) electrons. The van der Waals surface area contributed by atoms with E-state index in [0.29, 0.717) is 45.2 Å². The van der Waals surface area contributed by atoms with Crippen molar-refractivity contribution < 1.29 is 13.9 Å². The van der Waals surface area contributed by atoms with Crippen LogP contribution < -0.4 is 0 Å². The van der Waals surface area contributed by atoms with Gasteiger partial charge in [0, 0.05) is 43.4 Å². The molecule has 5 nitrogen and oxygen atoms in total. The van der Waals surface area contributed by atoms with E-state index in [1.165, 1.54) is 6.07 Å². The Morgan fingerprint density at radius 2 is 1.97 bits per heavy atom. The van der Waals surface area contributed by atoms with Crippen LogP contribution in [0.5, 0.6) is 0 Å². The maximum atomic E-state index is 13.5. The molecule has 4 rings (SSSR count). The van der Waals surface area contributed by atoms with E-state index in [1.54, 1.807) is 12.1 Å². The molecule has 6 heteroatoms. The molecule has 0 spiro atoms. The molecule has 2 saturated heterocycles. The Morgan fingerprint density at radius 3 is 2.79 bits per heavy atom. The predicted molar refractivity (Wildman–Crippen MR) is 109 cm³/mol. The second kappa shape index (κ2) is 9.46. The number of hydrogen-bond donors (Lipinski definition) is 0. The zero-order chi connectivity index (χ0) is 20.1. The minimum Gasteiger partial charge on any atom is -0.378 e. The summed E-state index contributed by atoms with van der Waals surface area (Å²) >= 11 is 0. The minimum atomic E-state index is -0.216. The van der Waals surface area contributed by atoms with Crippen molar-refractivity contribution in [2.45, 2.75) is 25.2 Å². The molecule has 2 aromatic rings. The van der Waals surface area contributed by atoms with Crippen molar-refractivity contribution in [1.82, 2.24) is 14.8 Å². The minimum absolute atomic E-state index is 0.196. The van der Waals surface area contributed by atoms with Gasteiger partial charge < -0.3 is 9.64 Å². The zero-order valence-electron chi connectivity index (χ0n) is 16.7. The lowest BCUT2D eigenvalue weighted by Crippen LogP contribution is -2.47. The first-order chi connectivity index (χ1) is 14.2. The Kier molecular flexibility index (Phi) is 6.52. The first-order valence-electron chi connectivity index (χ1n) is 10.5. The number of piperidine rings is 1. The number of morpholine rings is 1. The number of rotatable bonds is 5. The number of aromatic nitrogens is 1. The normalized spacial score (nSPS) is 20.6. The lowest BCUT2D eigenvalue weighted by molar-refractivity contribution is -0.136. The molecule has 1 atom stereocenters. The summed E-state index contributed by atoms with van der Waals surface area (Å²) in [6, 6.07) is 12.8. The van der Waals surface area contributed by atoms with E-state index in [1.807, 2.05) is 23.1 Å². The van der Waals surface area contributed by atoms with Crippen LogP contribution in [0.2, 0.25) is 0 Å². The Hall–Kier alpha value is -2.31. The highest BCUT2D eigenvalue weighted by Gasteiger charge is 2.26. The summed E-state index contributed by atoms with van der Waals surface area (Å²) in [6.07, 6.45) is 2.77. The van der Waals surface area contributed by atoms with Gasteiger partial charge in [0.05, 0.1) is 19.8 Å². The Morgan fingerprint density at radius 1 is 1.14 bits per heavy atom. The van der Waals surface area contributed by atoms with E-state index in [4.69, 9.17) is 9.72 Å². The second-order valence-electron chi connectivity index (χ2n) is 7.93. The largest absolute Gasteiger partial charge is 0.378 e. The fraction of sp³-hybridized carbons (Fsp3) is 0.478. The van der Waals surface area contributed by atoms with Crippen LogP contribution in [-0.2, 0) is 16.0 Å². The van der Waals surface area contributed by atoms with Crippen LogP contribution in [0.1, 0.15) is 35.7 Å². The van der Waals surface area contributed by atoms with E-state index in [2.05, 4.69) is 11.0 Å². The van der Waals surface area contributed by atoms with E-state index < -0.39 is 0 Å². The number of likely N-dealkylation sites (tertiary alicyclic amines) is 1. The molecule has 2 aliphatic heterocycles. The third kappa shape index (κ3) is 5.40. The van der Waals surface area contributed by atoms with Crippen molar-refractivity contribution in [2.24, 2.45) is 0 Å². The third-order valence-electron chi connectivity index (χ3n) is 5.75. The van der Waals surface area contributed by atoms with Gasteiger partial charge in [-0.1, -0.05) is 18.2 Å². The summed E-state index contributed by atoms with van der Waals surface area (Å²) in [6.45, 7) is 4.94. The maximum Gasteiger partial charge on any atom is 0.236 e. The molecule has 1 amide bonds. The molecular weight excluding hydrogens is 369 g/mol. The van der Waals surface area contributed by atoms with Crippen molar-refractivity contribution in [2.75, 3.05) is 45.9 Å². The first-order valence-corrected chi connectivity index (χ1v) is 10.5. The Bertz CT molecular complexity index is 838. The third-order valence-corrected chi connectivity index (χ3v) is 5.75. The zero-order valence-corrected chi connectivity index (χ0v) is 16.7. The highest BCUT2D eigenvalue weighted by Crippen LogP contribution is 2.26. The number of carbonyl (C=O) groups is 1. The number of ether oxygens (including phenoxy) is 1. The van der Waals surface area contributed by atoms with E-state index in [9.17, 15) is 9.18 Å². The molecule has 154 valence electrons. The highest BCUT2D eigenvalue weighted by molar-refractivity contribution is 5.78. The number of amides is 1. The quantitative estimate of drug-likeness (QED) is 0.778. The van der Waals surface area contributed by atoms with Gasteiger partial charge in [-0.05, 0) is 49.2 Å². The standard InChI is InChI=1S/C23H28FN3O2/c24-20-6-1-4-18(14-20)15-21-7-2-8-22(25-21)19-5-3-9-26(16-19)17-23(28)27-10-12-29-13-11-27/h1-2,4,6-8,14,19H,3,5,9-13,15-17H2. The fourth-order valence-electron chi connectivity index (χ4n) is 4.22. The maximum absolute atomic E-state index is 13.5. The van der Waals surface area contributed by atoms with Gasteiger partial charge in [0.15, 0.2) is 0 Å². The molecule has 0 aliphatic carbocycles. The molecule has 2 fully saturated rings. The van der Waals surface area contributed by atoms with Gasteiger partial charge >= 0.3 is 0 Å². The van der Waals surface area contributed by atoms with Crippen LogP contribution in [0.4, 0.5) is 4.39 Å². The number of hydrogen-bond acceptors (Lipinski definition) is 4. The average Bonchev–Trinajstić information content (AvgIpc) is 2.75. The van der Waals surface area contributed by atoms with Crippen LogP contribution in [-0.4, -0.2) is 66.6 Å². The summed E-state index contributed by atoms with van der Waals surface area (Å²) in [5.74, 6) is 0.307. The summed E-state index contributed by atoms with van der Waals surface area (Å²) in [4.78, 5) is 21.6. The van der Waals surface area contributed by atoms with E-state index in [0.717, 1.165) is 42.9 Å². The van der Waals surface area contributed by atoms with Crippen molar-refractivity contribution in [3.05, 3.63) is 65.2 Å². The molecule has 1 aromatic carbocycles. The van der Waals surface area contributed by atoms with Gasteiger partial charge in [0.2, 0.25) is 5.91 Å². The summed E-state index contributed by atoms with van der Waals surface area (Å²) in [5.41, 5.74) is 2.95. The average molecular weight is 397 g/mol. The van der Waals surface area contributed by atoms with E-state index in [-0.39, 0.29) is 11.7 Å². The summed E-state index contributed by atoms with van der Waals surface area (Å²) < 4.78 is 18.8. The molecule has 0 N–H and O–H groups in total. The lowest BCUT2D eigenvalue weighted by atomic mass is 9.94. The molecule has 1 aromatic heterocycles. The number of nitrogens with zero attached hydrogens (tertiary/aromatic N) is 3. The Balaban J connectivity index is 1.38. The van der Waals surface area contributed by atoms with Crippen LogP contribution in [0.3, 0.4) is 0 Å².